The summed E-state index contributed by atoms with van der Waals surface area (Å²) in [5.41, 5.74) is 14.3. The minimum absolute atomic E-state index is 0.440. The summed E-state index contributed by atoms with van der Waals surface area (Å²) in [6.07, 6.45) is 0.898. The van der Waals surface area contributed by atoms with Gasteiger partial charge in [-0.05, 0) is 58.2 Å². The highest BCUT2D eigenvalue weighted by Gasteiger charge is 2.06. The summed E-state index contributed by atoms with van der Waals surface area (Å²) in [5, 5.41) is 3.30. The number of nitrogens with one attached hydrogen (secondary N) is 1. The van der Waals surface area contributed by atoms with Crippen molar-refractivity contribution in [3.8, 4) is 0 Å². The van der Waals surface area contributed by atoms with E-state index in [0.717, 1.165) is 24.3 Å². The lowest BCUT2D eigenvalue weighted by molar-refractivity contribution is 0.0999. The molecule has 20 heavy (non-hydrogen) atoms. The molecule has 2 aromatic rings. The summed E-state index contributed by atoms with van der Waals surface area (Å²) >= 11 is 3.34. The van der Waals surface area contributed by atoms with Gasteiger partial charge in [-0.3, -0.25) is 4.79 Å². The Morgan fingerprint density at radius 1 is 1.15 bits per heavy atom. The van der Waals surface area contributed by atoms with Gasteiger partial charge in [-0.1, -0.05) is 12.1 Å². The molecule has 5 N–H and O–H groups in total. The van der Waals surface area contributed by atoms with Crippen LogP contribution in [0.4, 0.5) is 11.4 Å². The lowest BCUT2D eigenvalue weighted by Crippen LogP contribution is -2.12. The van der Waals surface area contributed by atoms with Gasteiger partial charge < -0.3 is 16.8 Å². The number of benzene rings is 2. The second-order valence-corrected chi connectivity index (χ2v) is 5.33. The Morgan fingerprint density at radius 2 is 1.85 bits per heavy atom. The Labute approximate surface area is 126 Å². The molecule has 0 unspecified atom stereocenters. The maximum Gasteiger partial charge on any atom is 0.249 e. The maximum absolute atomic E-state index is 11.1. The molecule has 0 saturated heterocycles. The highest BCUT2D eigenvalue weighted by atomic mass is 79.9. The normalized spacial score (nSPS) is 10.2. The minimum Gasteiger partial charge on any atom is -0.399 e. The smallest absolute Gasteiger partial charge is 0.249 e. The number of carbonyl (C=O) groups is 1. The van der Waals surface area contributed by atoms with E-state index in [-0.39, 0.29) is 0 Å². The fourth-order valence-corrected chi connectivity index (χ4v) is 2.43. The molecule has 2 aromatic carbocycles. The topological polar surface area (TPSA) is 81.1 Å². The molecule has 0 saturated carbocycles. The Balaban J connectivity index is 1.92. The summed E-state index contributed by atoms with van der Waals surface area (Å²) in [5.74, 6) is -0.440. The fraction of sp³-hybridized carbons (Fsp3) is 0.133. The van der Waals surface area contributed by atoms with Gasteiger partial charge in [0, 0.05) is 22.4 Å². The van der Waals surface area contributed by atoms with Gasteiger partial charge in [0.15, 0.2) is 0 Å². The standard InChI is InChI=1S/C15H16BrN3O/c16-14-9-12(5-6-13(14)15(18)20)19-8-7-10-1-3-11(17)4-2-10/h1-6,9,19H,7-8,17H2,(H2,18,20). The molecule has 2 rings (SSSR count). The predicted molar refractivity (Wildman–Crippen MR) is 85.7 cm³/mol. The van der Waals surface area contributed by atoms with E-state index in [4.69, 9.17) is 11.5 Å². The number of halogens is 1. The molecule has 5 heteroatoms. The SMILES string of the molecule is NC(=O)c1ccc(NCCc2ccc(N)cc2)cc1Br. The summed E-state index contributed by atoms with van der Waals surface area (Å²) < 4.78 is 0.697. The van der Waals surface area contributed by atoms with Crippen LogP contribution in [-0.2, 0) is 6.42 Å². The fourth-order valence-electron chi connectivity index (χ4n) is 1.86. The average molecular weight is 334 g/mol. The van der Waals surface area contributed by atoms with Crippen LogP contribution in [0.25, 0.3) is 0 Å². The van der Waals surface area contributed by atoms with E-state index >= 15 is 0 Å². The first-order chi connectivity index (χ1) is 9.56. The van der Waals surface area contributed by atoms with Crippen LogP contribution in [0, 0.1) is 0 Å². The third kappa shape index (κ3) is 3.74. The van der Waals surface area contributed by atoms with Gasteiger partial charge in [0.05, 0.1) is 5.56 Å². The highest BCUT2D eigenvalue weighted by molar-refractivity contribution is 9.10. The zero-order valence-corrected chi connectivity index (χ0v) is 12.5. The van der Waals surface area contributed by atoms with Crippen LogP contribution in [0.5, 0.6) is 0 Å². The van der Waals surface area contributed by atoms with Gasteiger partial charge in [-0.15, -0.1) is 0 Å². The third-order valence-electron chi connectivity index (χ3n) is 2.96. The Bertz CT molecular complexity index is 611. The van der Waals surface area contributed by atoms with E-state index < -0.39 is 5.91 Å². The first-order valence-electron chi connectivity index (χ1n) is 6.24. The lowest BCUT2D eigenvalue weighted by atomic mass is 10.1. The van der Waals surface area contributed by atoms with Crippen molar-refractivity contribution >= 4 is 33.2 Å². The quantitative estimate of drug-likeness (QED) is 0.736. The average Bonchev–Trinajstić information content (AvgIpc) is 2.41. The van der Waals surface area contributed by atoms with Crippen molar-refractivity contribution in [2.45, 2.75) is 6.42 Å². The van der Waals surface area contributed by atoms with E-state index in [9.17, 15) is 4.79 Å². The number of hydrogen-bond acceptors (Lipinski definition) is 3. The van der Waals surface area contributed by atoms with Crippen LogP contribution in [0.2, 0.25) is 0 Å². The van der Waals surface area contributed by atoms with Crippen LogP contribution >= 0.6 is 15.9 Å². The van der Waals surface area contributed by atoms with Crippen LogP contribution in [-0.4, -0.2) is 12.5 Å². The van der Waals surface area contributed by atoms with Gasteiger partial charge in [-0.2, -0.15) is 0 Å². The largest absolute Gasteiger partial charge is 0.399 e. The number of nitrogen functional groups attached to an aromatic ring is 1. The molecule has 0 aliphatic carbocycles. The number of primary amides is 1. The summed E-state index contributed by atoms with van der Waals surface area (Å²) in [7, 11) is 0. The molecular formula is C15H16BrN3O. The molecule has 0 bridgehead atoms. The second kappa shape index (κ2) is 6.43. The van der Waals surface area contributed by atoms with Gasteiger partial charge in [0.2, 0.25) is 5.91 Å². The summed E-state index contributed by atoms with van der Waals surface area (Å²) in [6, 6.07) is 13.2. The molecule has 1 amide bonds. The molecule has 0 fully saturated rings. The molecule has 0 aliphatic rings. The number of anilines is 2. The maximum atomic E-state index is 11.1. The van der Waals surface area contributed by atoms with Gasteiger partial charge in [-0.25, -0.2) is 0 Å². The van der Waals surface area contributed by atoms with Crippen molar-refractivity contribution in [1.29, 1.82) is 0 Å². The number of carbonyl (C=O) groups excluding carboxylic acids is 1. The molecule has 0 aromatic heterocycles. The molecule has 0 heterocycles. The van der Waals surface area contributed by atoms with E-state index in [2.05, 4.69) is 21.2 Å². The minimum atomic E-state index is -0.440. The third-order valence-corrected chi connectivity index (χ3v) is 3.61. The van der Waals surface area contributed by atoms with Crippen LogP contribution in [0.1, 0.15) is 15.9 Å². The van der Waals surface area contributed by atoms with E-state index in [1.807, 2.05) is 36.4 Å². The summed E-state index contributed by atoms with van der Waals surface area (Å²) in [6.45, 7) is 0.798. The van der Waals surface area contributed by atoms with E-state index in [1.54, 1.807) is 6.07 Å². The van der Waals surface area contributed by atoms with Crippen molar-refractivity contribution < 1.29 is 4.79 Å². The van der Waals surface area contributed by atoms with Crippen molar-refractivity contribution in [1.82, 2.24) is 0 Å². The number of hydrogen-bond donors (Lipinski definition) is 3. The second-order valence-electron chi connectivity index (χ2n) is 4.48. The van der Waals surface area contributed by atoms with Crippen molar-refractivity contribution in [3.05, 3.63) is 58.1 Å². The van der Waals surface area contributed by atoms with Gasteiger partial charge in [0.25, 0.3) is 0 Å². The molecule has 4 nitrogen and oxygen atoms in total. The first kappa shape index (κ1) is 14.4. The predicted octanol–water partition coefficient (Wildman–Crippen LogP) is 2.78. The zero-order chi connectivity index (χ0) is 14.5. The molecule has 0 radical (unpaired) electrons. The number of nitrogens with two attached hydrogens (primary N) is 2. The van der Waals surface area contributed by atoms with Gasteiger partial charge >= 0.3 is 0 Å². The van der Waals surface area contributed by atoms with Crippen LogP contribution in [0.3, 0.4) is 0 Å². The van der Waals surface area contributed by atoms with Crippen LogP contribution in [0.15, 0.2) is 46.9 Å². The molecule has 0 aliphatic heterocycles. The van der Waals surface area contributed by atoms with Crippen molar-refractivity contribution in [3.63, 3.8) is 0 Å². The lowest BCUT2D eigenvalue weighted by Gasteiger charge is -2.08. The number of amides is 1. The molecule has 0 atom stereocenters. The van der Waals surface area contributed by atoms with E-state index in [0.29, 0.717) is 10.0 Å². The molecular weight excluding hydrogens is 318 g/mol. The number of rotatable bonds is 5. The van der Waals surface area contributed by atoms with Crippen molar-refractivity contribution in [2.24, 2.45) is 5.73 Å². The Morgan fingerprint density at radius 3 is 2.45 bits per heavy atom. The van der Waals surface area contributed by atoms with Gasteiger partial charge in [0.1, 0.15) is 0 Å². The molecule has 104 valence electrons. The summed E-state index contributed by atoms with van der Waals surface area (Å²) in [4.78, 5) is 11.1. The zero-order valence-electron chi connectivity index (χ0n) is 10.9. The first-order valence-corrected chi connectivity index (χ1v) is 7.03. The molecule has 0 spiro atoms. The monoisotopic (exact) mass is 333 g/mol. The van der Waals surface area contributed by atoms with Crippen molar-refractivity contribution in [2.75, 3.05) is 17.6 Å². The van der Waals surface area contributed by atoms with E-state index in [1.165, 1.54) is 5.56 Å². The van der Waals surface area contributed by atoms with Crippen LogP contribution < -0.4 is 16.8 Å². The highest BCUT2D eigenvalue weighted by Crippen LogP contribution is 2.21. The Hall–Kier alpha value is -2.01. The Kier molecular flexibility index (Phi) is 4.63.